The minimum Gasteiger partial charge on any atom is -0.505 e. The van der Waals surface area contributed by atoms with Crippen LogP contribution >= 0.6 is 0 Å². The van der Waals surface area contributed by atoms with E-state index in [1.54, 1.807) is 13.0 Å². The summed E-state index contributed by atoms with van der Waals surface area (Å²) in [6.45, 7) is 1.55. The summed E-state index contributed by atoms with van der Waals surface area (Å²) >= 11 is 0. The molecule has 0 radical (unpaired) electrons. The van der Waals surface area contributed by atoms with Crippen LogP contribution in [0.4, 0.5) is 4.39 Å². The first-order chi connectivity index (χ1) is 8.49. The van der Waals surface area contributed by atoms with Gasteiger partial charge in [-0.2, -0.15) is 0 Å². The van der Waals surface area contributed by atoms with Crippen LogP contribution in [0.1, 0.15) is 43.2 Å². The number of phenolic OH excluding ortho intramolecular Hbond substituents is 1. The van der Waals surface area contributed by atoms with Crippen molar-refractivity contribution < 1.29 is 19.4 Å². The van der Waals surface area contributed by atoms with Crippen LogP contribution in [0.2, 0.25) is 0 Å². The van der Waals surface area contributed by atoms with Crippen molar-refractivity contribution in [2.45, 2.75) is 44.4 Å². The number of aromatic hydroxyl groups is 1. The summed E-state index contributed by atoms with van der Waals surface area (Å²) < 4.78 is 13.7. The topological polar surface area (TPSA) is 57.5 Å². The zero-order chi connectivity index (χ0) is 13.3. The number of carboxylic acids is 1. The number of halogens is 1. The summed E-state index contributed by atoms with van der Waals surface area (Å²) in [7, 11) is 0. The van der Waals surface area contributed by atoms with Gasteiger partial charge in [-0.25, -0.2) is 4.39 Å². The fourth-order valence-corrected chi connectivity index (χ4v) is 2.81. The summed E-state index contributed by atoms with van der Waals surface area (Å²) in [5.74, 6) is -2.18. The van der Waals surface area contributed by atoms with Crippen LogP contribution in [0, 0.1) is 12.7 Å². The number of hydrogen-bond acceptors (Lipinski definition) is 2. The van der Waals surface area contributed by atoms with Crippen LogP contribution < -0.4 is 0 Å². The van der Waals surface area contributed by atoms with Gasteiger partial charge in [-0.1, -0.05) is 31.4 Å². The van der Waals surface area contributed by atoms with E-state index < -0.39 is 23.0 Å². The minimum absolute atomic E-state index is 0.220. The molecule has 18 heavy (non-hydrogen) atoms. The van der Waals surface area contributed by atoms with Gasteiger partial charge in [0.25, 0.3) is 0 Å². The Morgan fingerprint density at radius 3 is 2.44 bits per heavy atom. The Hall–Kier alpha value is -1.58. The number of carboxylic acid groups (broad SMARTS) is 1. The molecule has 0 heterocycles. The molecule has 1 saturated carbocycles. The minimum atomic E-state index is -1.13. The van der Waals surface area contributed by atoms with Gasteiger partial charge in [0.1, 0.15) is 0 Å². The Bertz CT molecular complexity index is 476. The molecule has 0 aliphatic heterocycles. The second kappa shape index (κ2) is 4.59. The molecule has 4 heteroatoms. The van der Waals surface area contributed by atoms with Gasteiger partial charge in [-0.05, 0) is 25.3 Å². The molecule has 2 N–H and O–H groups in total. The van der Waals surface area contributed by atoms with E-state index in [-0.39, 0.29) is 5.56 Å². The summed E-state index contributed by atoms with van der Waals surface area (Å²) in [6, 6.07) is 3.08. The van der Waals surface area contributed by atoms with Gasteiger partial charge in [0.05, 0.1) is 5.41 Å². The van der Waals surface area contributed by atoms with E-state index in [1.165, 1.54) is 6.07 Å². The zero-order valence-corrected chi connectivity index (χ0v) is 10.4. The number of carbonyl (C=O) groups is 1. The maximum absolute atomic E-state index is 13.7. The van der Waals surface area contributed by atoms with Gasteiger partial charge in [-0.15, -0.1) is 0 Å². The van der Waals surface area contributed by atoms with E-state index in [4.69, 9.17) is 0 Å². The lowest BCUT2D eigenvalue weighted by molar-refractivity contribution is -0.145. The molecule has 0 atom stereocenters. The van der Waals surface area contributed by atoms with Crippen molar-refractivity contribution in [2.75, 3.05) is 0 Å². The molecule has 0 bridgehead atoms. The third-order valence-electron chi connectivity index (χ3n) is 3.94. The second-order valence-corrected chi connectivity index (χ2v) is 5.04. The van der Waals surface area contributed by atoms with Crippen molar-refractivity contribution in [1.82, 2.24) is 0 Å². The van der Waals surface area contributed by atoms with Crippen LogP contribution in [0.5, 0.6) is 5.75 Å². The first-order valence-electron chi connectivity index (χ1n) is 6.21. The first-order valence-corrected chi connectivity index (χ1v) is 6.21. The molecule has 0 spiro atoms. The summed E-state index contributed by atoms with van der Waals surface area (Å²) in [5, 5.41) is 19.4. The Morgan fingerprint density at radius 2 is 1.89 bits per heavy atom. The predicted octanol–water partition coefficient (Wildman–Crippen LogP) is 3.13. The summed E-state index contributed by atoms with van der Waals surface area (Å²) in [5.41, 5.74) is -0.581. The smallest absolute Gasteiger partial charge is 0.314 e. The van der Waals surface area contributed by atoms with Crippen molar-refractivity contribution in [1.29, 1.82) is 0 Å². The number of aliphatic carboxylic acids is 1. The molecule has 98 valence electrons. The largest absolute Gasteiger partial charge is 0.505 e. The molecule has 0 amide bonds. The Balaban J connectivity index is 2.56. The quantitative estimate of drug-likeness (QED) is 0.850. The van der Waals surface area contributed by atoms with Crippen LogP contribution in [-0.4, -0.2) is 16.2 Å². The third kappa shape index (κ3) is 1.85. The lowest BCUT2D eigenvalue weighted by Gasteiger charge is -2.34. The molecule has 1 aromatic carbocycles. The molecule has 1 fully saturated rings. The van der Waals surface area contributed by atoms with Crippen LogP contribution in [0.3, 0.4) is 0 Å². The van der Waals surface area contributed by atoms with Crippen molar-refractivity contribution in [2.24, 2.45) is 0 Å². The number of hydrogen-bond donors (Lipinski definition) is 2. The monoisotopic (exact) mass is 252 g/mol. The molecular weight excluding hydrogens is 235 g/mol. The van der Waals surface area contributed by atoms with Gasteiger partial charge in [0.2, 0.25) is 0 Å². The molecule has 1 aromatic rings. The van der Waals surface area contributed by atoms with E-state index in [0.717, 1.165) is 19.3 Å². The highest BCUT2D eigenvalue weighted by atomic mass is 19.1. The van der Waals surface area contributed by atoms with E-state index >= 15 is 0 Å². The van der Waals surface area contributed by atoms with Crippen molar-refractivity contribution >= 4 is 5.97 Å². The van der Waals surface area contributed by atoms with E-state index in [0.29, 0.717) is 18.4 Å². The second-order valence-electron chi connectivity index (χ2n) is 5.04. The fourth-order valence-electron chi connectivity index (χ4n) is 2.81. The normalized spacial score (nSPS) is 18.6. The molecule has 1 aliphatic rings. The molecule has 2 rings (SSSR count). The lowest BCUT2D eigenvalue weighted by Crippen LogP contribution is -2.38. The number of rotatable bonds is 2. The van der Waals surface area contributed by atoms with Crippen LogP contribution in [0.25, 0.3) is 0 Å². The predicted molar refractivity (Wildman–Crippen MR) is 65.2 cm³/mol. The van der Waals surface area contributed by atoms with Gasteiger partial charge in [-0.3, -0.25) is 4.79 Å². The Labute approximate surface area is 105 Å². The van der Waals surface area contributed by atoms with Gasteiger partial charge in [0.15, 0.2) is 11.6 Å². The van der Waals surface area contributed by atoms with Crippen LogP contribution in [-0.2, 0) is 10.2 Å². The van der Waals surface area contributed by atoms with Gasteiger partial charge in [0, 0.05) is 5.56 Å². The third-order valence-corrected chi connectivity index (χ3v) is 3.94. The molecule has 0 aromatic heterocycles. The van der Waals surface area contributed by atoms with E-state index in [2.05, 4.69) is 0 Å². The average Bonchev–Trinajstić information content (AvgIpc) is 2.37. The van der Waals surface area contributed by atoms with Crippen molar-refractivity contribution in [3.8, 4) is 5.75 Å². The van der Waals surface area contributed by atoms with E-state index in [9.17, 15) is 19.4 Å². The molecule has 1 aliphatic carbocycles. The fraction of sp³-hybridized carbons (Fsp3) is 0.500. The summed E-state index contributed by atoms with van der Waals surface area (Å²) in [6.07, 6.45) is 3.49. The number of phenols is 1. The SMILES string of the molecule is Cc1ccc(C2(C(=O)O)CCCCC2)c(O)c1F. The standard InChI is InChI=1S/C14H17FO3/c1-9-5-6-10(12(16)11(9)15)14(13(17)18)7-3-2-4-8-14/h5-6,16H,2-4,7-8H2,1H3,(H,17,18). The lowest BCUT2D eigenvalue weighted by atomic mass is 9.69. The molecular formula is C14H17FO3. The number of aryl methyl sites for hydroxylation is 1. The summed E-state index contributed by atoms with van der Waals surface area (Å²) in [4.78, 5) is 11.6. The van der Waals surface area contributed by atoms with Crippen molar-refractivity contribution in [3.63, 3.8) is 0 Å². The maximum atomic E-state index is 13.7. The van der Waals surface area contributed by atoms with Gasteiger partial charge < -0.3 is 10.2 Å². The zero-order valence-electron chi connectivity index (χ0n) is 10.4. The maximum Gasteiger partial charge on any atom is 0.314 e. The van der Waals surface area contributed by atoms with Gasteiger partial charge >= 0.3 is 5.97 Å². The highest BCUT2D eigenvalue weighted by Crippen LogP contribution is 2.44. The Morgan fingerprint density at radius 1 is 1.28 bits per heavy atom. The average molecular weight is 252 g/mol. The first kappa shape index (κ1) is 12.9. The highest BCUT2D eigenvalue weighted by molar-refractivity contribution is 5.82. The van der Waals surface area contributed by atoms with E-state index in [1.807, 2.05) is 0 Å². The molecule has 0 saturated heterocycles. The Kier molecular flexibility index (Phi) is 3.28. The molecule has 3 nitrogen and oxygen atoms in total. The van der Waals surface area contributed by atoms with Crippen LogP contribution in [0.15, 0.2) is 12.1 Å². The number of benzene rings is 1. The van der Waals surface area contributed by atoms with Crippen molar-refractivity contribution in [3.05, 3.63) is 29.1 Å². The molecule has 0 unspecified atom stereocenters. The highest BCUT2D eigenvalue weighted by Gasteiger charge is 2.43.